The van der Waals surface area contributed by atoms with Crippen LogP contribution in [0.2, 0.25) is 5.02 Å². The van der Waals surface area contributed by atoms with E-state index in [9.17, 15) is 0 Å². The van der Waals surface area contributed by atoms with E-state index in [0.29, 0.717) is 10.7 Å². The topological polar surface area (TPSA) is 41.6 Å². The number of pyridine rings is 1. The molecule has 0 aromatic carbocycles. The zero-order valence-electron chi connectivity index (χ0n) is 6.85. The van der Waals surface area contributed by atoms with Gasteiger partial charge in [-0.05, 0) is 19.9 Å². The first-order valence-corrected chi connectivity index (χ1v) is 4.04. The summed E-state index contributed by atoms with van der Waals surface area (Å²) in [6.07, 6.45) is 0. The molecule has 0 unspecified atom stereocenters. The number of H-pyrrole nitrogens is 1. The van der Waals surface area contributed by atoms with Crippen LogP contribution in [0.15, 0.2) is 6.07 Å². The third-order valence-electron chi connectivity index (χ3n) is 1.66. The van der Waals surface area contributed by atoms with Crippen molar-refractivity contribution in [2.24, 2.45) is 0 Å². The molecule has 4 heteroatoms. The monoisotopic (exact) mass is 181 g/mol. The molecule has 12 heavy (non-hydrogen) atoms. The number of aromatic amines is 1. The van der Waals surface area contributed by atoms with Crippen LogP contribution in [0.25, 0.3) is 11.2 Å². The van der Waals surface area contributed by atoms with E-state index in [2.05, 4.69) is 15.0 Å². The molecule has 0 amide bonds. The summed E-state index contributed by atoms with van der Waals surface area (Å²) in [6.45, 7) is 3.78. The van der Waals surface area contributed by atoms with E-state index >= 15 is 0 Å². The summed E-state index contributed by atoms with van der Waals surface area (Å²) in [4.78, 5) is 11.5. The highest BCUT2D eigenvalue weighted by Crippen LogP contribution is 2.20. The summed E-state index contributed by atoms with van der Waals surface area (Å²) in [7, 11) is 0. The minimum absolute atomic E-state index is 0.679. The molecular weight excluding hydrogens is 174 g/mol. The summed E-state index contributed by atoms with van der Waals surface area (Å²) in [6, 6.07) is 1.82. The number of nitrogens with one attached hydrogen (secondary N) is 1. The number of aromatic nitrogens is 3. The molecule has 2 heterocycles. The molecule has 1 N–H and O–H groups in total. The predicted octanol–water partition coefficient (Wildman–Crippen LogP) is 2.23. The van der Waals surface area contributed by atoms with Gasteiger partial charge in [0, 0.05) is 5.69 Å². The molecule has 2 rings (SSSR count). The van der Waals surface area contributed by atoms with Crippen molar-refractivity contribution < 1.29 is 0 Å². The average molecular weight is 182 g/mol. The second-order valence-electron chi connectivity index (χ2n) is 2.77. The molecule has 2 aromatic rings. The number of halogens is 1. The van der Waals surface area contributed by atoms with Gasteiger partial charge in [-0.2, -0.15) is 0 Å². The normalized spacial score (nSPS) is 10.9. The Bertz CT molecular complexity index is 433. The van der Waals surface area contributed by atoms with Crippen molar-refractivity contribution in [3.05, 3.63) is 22.6 Å². The number of aryl methyl sites for hydroxylation is 2. The Labute approximate surface area is 74.8 Å². The van der Waals surface area contributed by atoms with Gasteiger partial charge < -0.3 is 4.98 Å². The lowest BCUT2D eigenvalue weighted by atomic mass is 10.3. The molecule has 2 aromatic heterocycles. The maximum Gasteiger partial charge on any atom is 0.179 e. The van der Waals surface area contributed by atoms with E-state index in [0.717, 1.165) is 17.0 Å². The highest BCUT2D eigenvalue weighted by atomic mass is 35.5. The lowest BCUT2D eigenvalue weighted by molar-refractivity contribution is 1.15. The van der Waals surface area contributed by atoms with Gasteiger partial charge in [-0.15, -0.1) is 0 Å². The maximum absolute atomic E-state index is 5.96. The fourth-order valence-corrected chi connectivity index (χ4v) is 1.47. The van der Waals surface area contributed by atoms with Gasteiger partial charge in [0.1, 0.15) is 11.3 Å². The molecular formula is C8H8ClN3. The van der Waals surface area contributed by atoms with Gasteiger partial charge >= 0.3 is 0 Å². The minimum atomic E-state index is 0.679. The van der Waals surface area contributed by atoms with Crippen molar-refractivity contribution in [2.45, 2.75) is 13.8 Å². The molecule has 62 valence electrons. The second-order valence-corrected chi connectivity index (χ2v) is 3.17. The fraction of sp³-hybridized carbons (Fsp3) is 0.250. The molecule has 0 bridgehead atoms. The van der Waals surface area contributed by atoms with Crippen molar-refractivity contribution >= 4 is 22.8 Å². The van der Waals surface area contributed by atoms with E-state index in [1.165, 1.54) is 0 Å². The first-order chi connectivity index (χ1) is 5.66. The van der Waals surface area contributed by atoms with E-state index in [4.69, 9.17) is 11.6 Å². The van der Waals surface area contributed by atoms with Gasteiger partial charge in [-0.3, -0.25) is 0 Å². The molecule has 0 saturated carbocycles. The van der Waals surface area contributed by atoms with Crippen molar-refractivity contribution in [3.63, 3.8) is 0 Å². The van der Waals surface area contributed by atoms with E-state index in [1.54, 1.807) is 0 Å². The highest BCUT2D eigenvalue weighted by Gasteiger charge is 2.05. The zero-order chi connectivity index (χ0) is 8.72. The van der Waals surface area contributed by atoms with Gasteiger partial charge in [-0.1, -0.05) is 11.6 Å². The van der Waals surface area contributed by atoms with Crippen LogP contribution >= 0.6 is 11.6 Å². The summed E-state index contributed by atoms with van der Waals surface area (Å²) < 4.78 is 0. The fourth-order valence-electron chi connectivity index (χ4n) is 1.18. The SMILES string of the molecule is Cc1cc(Cl)c2[nH]c(C)nc2n1. The number of imidazole rings is 1. The molecule has 0 aliphatic carbocycles. The largest absolute Gasteiger partial charge is 0.340 e. The van der Waals surface area contributed by atoms with Crippen LogP contribution in [-0.4, -0.2) is 15.0 Å². The van der Waals surface area contributed by atoms with Crippen LogP contribution in [-0.2, 0) is 0 Å². The average Bonchev–Trinajstić information content (AvgIpc) is 2.29. The summed E-state index contributed by atoms with van der Waals surface area (Å²) in [5.41, 5.74) is 2.40. The summed E-state index contributed by atoms with van der Waals surface area (Å²) >= 11 is 5.96. The van der Waals surface area contributed by atoms with Gasteiger partial charge in [0.2, 0.25) is 0 Å². The Hall–Kier alpha value is -1.09. The Morgan fingerprint density at radius 3 is 2.83 bits per heavy atom. The molecule has 0 saturated heterocycles. The standard InChI is InChI=1S/C8H8ClN3/c1-4-3-6(9)7-8(10-4)12-5(2)11-7/h3H,1-2H3,(H,10,11,12). The smallest absolute Gasteiger partial charge is 0.179 e. The van der Waals surface area contributed by atoms with Crippen LogP contribution < -0.4 is 0 Å². The third kappa shape index (κ3) is 1.06. The second kappa shape index (κ2) is 2.45. The molecule has 0 aliphatic heterocycles. The van der Waals surface area contributed by atoms with Gasteiger partial charge in [0.05, 0.1) is 5.02 Å². The number of nitrogens with zero attached hydrogens (tertiary/aromatic N) is 2. The minimum Gasteiger partial charge on any atom is -0.340 e. The van der Waals surface area contributed by atoms with Crippen LogP contribution in [0, 0.1) is 13.8 Å². The van der Waals surface area contributed by atoms with Crippen LogP contribution in [0.4, 0.5) is 0 Å². The number of fused-ring (bicyclic) bond motifs is 1. The van der Waals surface area contributed by atoms with E-state index < -0.39 is 0 Å². The van der Waals surface area contributed by atoms with Crippen LogP contribution in [0.3, 0.4) is 0 Å². The summed E-state index contributed by atoms with van der Waals surface area (Å²) in [5.74, 6) is 0.838. The van der Waals surface area contributed by atoms with E-state index in [1.807, 2.05) is 19.9 Å². The molecule has 0 atom stereocenters. The number of rotatable bonds is 0. The molecule has 0 aliphatic rings. The van der Waals surface area contributed by atoms with Gasteiger partial charge in [0.15, 0.2) is 5.65 Å². The van der Waals surface area contributed by atoms with Crippen molar-refractivity contribution in [1.82, 2.24) is 15.0 Å². The van der Waals surface area contributed by atoms with Crippen LogP contribution in [0.1, 0.15) is 11.5 Å². The first-order valence-electron chi connectivity index (χ1n) is 3.66. The maximum atomic E-state index is 5.96. The quantitative estimate of drug-likeness (QED) is 0.677. The van der Waals surface area contributed by atoms with Crippen LogP contribution in [0.5, 0.6) is 0 Å². The molecule has 0 fully saturated rings. The van der Waals surface area contributed by atoms with Gasteiger partial charge in [0.25, 0.3) is 0 Å². The van der Waals surface area contributed by atoms with Crippen molar-refractivity contribution in [1.29, 1.82) is 0 Å². The summed E-state index contributed by atoms with van der Waals surface area (Å²) in [5, 5.41) is 0.679. The number of hydrogen-bond acceptors (Lipinski definition) is 2. The number of hydrogen-bond donors (Lipinski definition) is 1. The van der Waals surface area contributed by atoms with Crippen molar-refractivity contribution in [2.75, 3.05) is 0 Å². The third-order valence-corrected chi connectivity index (χ3v) is 1.96. The Morgan fingerprint density at radius 1 is 1.33 bits per heavy atom. The lowest BCUT2D eigenvalue weighted by Crippen LogP contribution is -1.82. The Morgan fingerprint density at radius 2 is 2.08 bits per heavy atom. The van der Waals surface area contributed by atoms with E-state index in [-0.39, 0.29) is 0 Å². The molecule has 3 nitrogen and oxygen atoms in total. The first kappa shape index (κ1) is 7.55. The van der Waals surface area contributed by atoms with Gasteiger partial charge in [-0.25, -0.2) is 9.97 Å². The molecule has 0 radical (unpaired) electrons. The van der Waals surface area contributed by atoms with Crippen molar-refractivity contribution in [3.8, 4) is 0 Å². The predicted molar refractivity (Wildman–Crippen MR) is 48.4 cm³/mol. The Balaban J connectivity index is 2.88. The highest BCUT2D eigenvalue weighted by molar-refractivity contribution is 6.34. The molecule has 0 spiro atoms. The Kier molecular flexibility index (Phi) is 1.54. The zero-order valence-corrected chi connectivity index (χ0v) is 7.61. The lowest BCUT2D eigenvalue weighted by Gasteiger charge is -1.93.